The van der Waals surface area contributed by atoms with Gasteiger partial charge >= 0.3 is 6.11 Å². The lowest BCUT2D eigenvalue weighted by atomic mass is 10.0. The van der Waals surface area contributed by atoms with E-state index in [1.165, 1.54) is 18.2 Å². The van der Waals surface area contributed by atoms with E-state index in [0.29, 0.717) is 19.3 Å². The highest BCUT2D eigenvalue weighted by molar-refractivity contribution is 5.60. The highest BCUT2D eigenvalue weighted by Gasteiger charge is 2.43. The third kappa shape index (κ3) is 3.46. The molecule has 22 heavy (non-hydrogen) atoms. The summed E-state index contributed by atoms with van der Waals surface area (Å²) in [6.45, 7) is 3.98. The van der Waals surface area contributed by atoms with E-state index < -0.39 is 17.5 Å². The molecule has 1 heterocycles. The number of rotatable bonds is 6. The van der Waals surface area contributed by atoms with Crippen molar-refractivity contribution >= 4 is 6.08 Å². The maximum absolute atomic E-state index is 14.3. The second-order valence-corrected chi connectivity index (χ2v) is 5.03. The molecule has 0 atom stereocenters. The quantitative estimate of drug-likeness (QED) is 0.656. The van der Waals surface area contributed by atoms with Crippen LogP contribution in [0.4, 0.5) is 13.2 Å². The molecule has 0 bridgehead atoms. The lowest BCUT2D eigenvalue weighted by molar-refractivity contribution is -0.228. The second kappa shape index (κ2) is 6.90. The molecule has 0 amide bonds. The van der Waals surface area contributed by atoms with Gasteiger partial charge in [-0.2, -0.15) is 8.78 Å². The van der Waals surface area contributed by atoms with Crippen LogP contribution >= 0.6 is 0 Å². The lowest BCUT2D eigenvalue weighted by Crippen LogP contribution is -2.24. The highest BCUT2D eigenvalue weighted by Crippen LogP contribution is 2.43. The van der Waals surface area contributed by atoms with Gasteiger partial charge in [0, 0.05) is 6.42 Å². The molecule has 0 N–H and O–H groups in total. The normalized spacial score (nSPS) is 16.1. The van der Waals surface area contributed by atoms with E-state index in [1.54, 1.807) is 0 Å². The predicted octanol–water partition coefficient (Wildman–Crippen LogP) is 5.39. The van der Waals surface area contributed by atoms with Crippen molar-refractivity contribution in [2.24, 2.45) is 0 Å². The number of alkyl halides is 2. The van der Waals surface area contributed by atoms with Crippen molar-refractivity contribution in [3.63, 3.8) is 0 Å². The standard InChI is InChI=1S/C17H19F3O2/c1-3-5-6-7-13-11-12-8-9-14(21-10-4-2)16(18)15(12)17(19,20)22-13/h3,5,8-9,11H,4,6-7,10H2,1-2H3/b5-3+. The Kier molecular flexibility index (Phi) is 5.16. The molecule has 1 aliphatic heterocycles. The SMILES string of the molecule is C/C=C/CCC1=Cc2ccc(OCCC)c(F)c2C(F)(F)O1. The molecule has 0 fully saturated rings. The highest BCUT2D eigenvalue weighted by atomic mass is 19.3. The van der Waals surface area contributed by atoms with Gasteiger partial charge in [0.25, 0.3) is 0 Å². The molecule has 0 spiro atoms. The van der Waals surface area contributed by atoms with Crippen molar-refractivity contribution in [3.05, 3.63) is 47.0 Å². The molecule has 0 aliphatic carbocycles. The fourth-order valence-corrected chi connectivity index (χ4v) is 2.25. The first-order valence-corrected chi connectivity index (χ1v) is 7.34. The van der Waals surface area contributed by atoms with E-state index in [9.17, 15) is 13.2 Å². The number of hydrogen-bond donors (Lipinski definition) is 0. The Balaban J connectivity index is 2.34. The van der Waals surface area contributed by atoms with Crippen LogP contribution in [0.15, 0.2) is 30.0 Å². The smallest absolute Gasteiger partial charge is 0.430 e. The molecule has 5 heteroatoms. The summed E-state index contributed by atoms with van der Waals surface area (Å²) in [5, 5.41) is 0. The van der Waals surface area contributed by atoms with E-state index in [2.05, 4.69) is 4.74 Å². The van der Waals surface area contributed by atoms with Crippen LogP contribution in [0.5, 0.6) is 5.75 Å². The minimum atomic E-state index is -3.69. The predicted molar refractivity (Wildman–Crippen MR) is 79.2 cm³/mol. The Bertz CT molecular complexity index is 592. The number of fused-ring (bicyclic) bond motifs is 1. The molecule has 0 radical (unpaired) electrons. The summed E-state index contributed by atoms with van der Waals surface area (Å²) in [5.41, 5.74) is -0.621. The van der Waals surface area contributed by atoms with Gasteiger partial charge in [0.1, 0.15) is 11.3 Å². The maximum atomic E-state index is 14.3. The molecule has 2 rings (SSSR count). The van der Waals surface area contributed by atoms with Crippen LogP contribution in [-0.2, 0) is 10.8 Å². The van der Waals surface area contributed by atoms with E-state index in [4.69, 9.17) is 4.74 Å². The first kappa shape index (κ1) is 16.5. The first-order valence-electron chi connectivity index (χ1n) is 7.34. The van der Waals surface area contributed by atoms with E-state index in [1.807, 2.05) is 26.0 Å². The number of allylic oxidation sites excluding steroid dienone is 3. The molecule has 0 saturated heterocycles. The first-order chi connectivity index (χ1) is 10.5. The molecule has 1 aromatic carbocycles. The van der Waals surface area contributed by atoms with Gasteiger partial charge < -0.3 is 9.47 Å². The number of halogens is 3. The molecular weight excluding hydrogens is 293 g/mol. The topological polar surface area (TPSA) is 18.5 Å². The fraction of sp³-hybridized carbons (Fsp3) is 0.412. The summed E-state index contributed by atoms with van der Waals surface area (Å²) in [6, 6.07) is 2.82. The summed E-state index contributed by atoms with van der Waals surface area (Å²) >= 11 is 0. The van der Waals surface area contributed by atoms with Crippen LogP contribution in [0.3, 0.4) is 0 Å². The van der Waals surface area contributed by atoms with Crippen LogP contribution in [-0.4, -0.2) is 6.61 Å². The summed E-state index contributed by atoms with van der Waals surface area (Å²) in [7, 11) is 0. The van der Waals surface area contributed by atoms with Crippen LogP contribution in [0.1, 0.15) is 44.2 Å². The summed E-state index contributed by atoms with van der Waals surface area (Å²) in [5.74, 6) is -1.08. The molecule has 0 unspecified atom stereocenters. The summed E-state index contributed by atoms with van der Waals surface area (Å²) < 4.78 is 52.4. The van der Waals surface area contributed by atoms with Gasteiger partial charge in [-0.15, -0.1) is 0 Å². The lowest BCUT2D eigenvalue weighted by Gasteiger charge is -2.27. The monoisotopic (exact) mass is 312 g/mol. The number of hydrogen-bond acceptors (Lipinski definition) is 2. The van der Waals surface area contributed by atoms with Crippen molar-refractivity contribution in [3.8, 4) is 5.75 Å². The van der Waals surface area contributed by atoms with Gasteiger partial charge in [-0.1, -0.05) is 25.1 Å². The maximum Gasteiger partial charge on any atom is 0.430 e. The molecule has 1 aliphatic rings. The van der Waals surface area contributed by atoms with Gasteiger partial charge in [-0.3, -0.25) is 0 Å². The minimum absolute atomic E-state index is 0.132. The van der Waals surface area contributed by atoms with Crippen molar-refractivity contribution in [1.82, 2.24) is 0 Å². The molecule has 2 nitrogen and oxygen atoms in total. The Morgan fingerprint density at radius 1 is 1.32 bits per heavy atom. The summed E-state index contributed by atoms with van der Waals surface area (Å²) in [6.07, 6.45) is 3.07. The Morgan fingerprint density at radius 3 is 2.77 bits per heavy atom. The zero-order valence-corrected chi connectivity index (χ0v) is 12.7. The van der Waals surface area contributed by atoms with Gasteiger partial charge in [-0.25, -0.2) is 4.39 Å². The molecule has 1 aromatic rings. The number of ether oxygens (including phenoxy) is 2. The fourth-order valence-electron chi connectivity index (χ4n) is 2.25. The van der Waals surface area contributed by atoms with Gasteiger partial charge in [0.05, 0.1) is 6.61 Å². The second-order valence-electron chi connectivity index (χ2n) is 5.03. The van der Waals surface area contributed by atoms with Crippen molar-refractivity contribution in [2.75, 3.05) is 6.61 Å². The van der Waals surface area contributed by atoms with E-state index in [0.717, 1.165) is 0 Å². The largest absolute Gasteiger partial charge is 0.491 e. The molecule has 120 valence electrons. The van der Waals surface area contributed by atoms with E-state index >= 15 is 0 Å². The van der Waals surface area contributed by atoms with Gasteiger partial charge in [0.15, 0.2) is 11.6 Å². The number of benzene rings is 1. The van der Waals surface area contributed by atoms with Crippen LogP contribution in [0.25, 0.3) is 6.08 Å². The minimum Gasteiger partial charge on any atom is -0.491 e. The Hall–Kier alpha value is -1.91. The summed E-state index contributed by atoms with van der Waals surface area (Å²) in [4.78, 5) is 0. The van der Waals surface area contributed by atoms with Gasteiger partial charge in [0.2, 0.25) is 0 Å². The van der Waals surface area contributed by atoms with Crippen LogP contribution in [0.2, 0.25) is 0 Å². The van der Waals surface area contributed by atoms with Crippen molar-refractivity contribution in [2.45, 2.75) is 39.2 Å². The van der Waals surface area contributed by atoms with Crippen molar-refractivity contribution in [1.29, 1.82) is 0 Å². The molecule has 0 saturated carbocycles. The zero-order chi connectivity index (χ0) is 16.2. The third-order valence-electron chi connectivity index (χ3n) is 3.26. The van der Waals surface area contributed by atoms with Crippen LogP contribution < -0.4 is 4.74 Å². The third-order valence-corrected chi connectivity index (χ3v) is 3.26. The van der Waals surface area contributed by atoms with Gasteiger partial charge in [-0.05, 0) is 37.5 Å². The van der Waals surface area contributed by atoms with Crippen LogP contribution in [0, 0.1) is 5.82 Å². The Labute approximate surface area is 128 Å². The average Bonchev–Trinajstić information content (AvgIpc) is 2.45. The zero-order valence-electron chi connectivity index (χ0n) is 12.7. The molecule has 0 aromatic heterocycles. The van der Waals surface area contributed by atoms with Crippen molar-refractivity contribution < 1.29 is 22.6 Å². The molecular formula is C17H19F3O2. The van der Waals surface area contributed by atoms with E-state index in [-0.39, 0.29) is 23.7 Å². The average molecular weight is 312 g/mol. The Morgan fingerprint density at radius 2 is 2.09 bits per heavy atom.